The lowest BCUT2D eigenvalue weighted by Gasteiger charge is -2.08. The Morgan fingerprint density at radius 1 is 0.875 bits per heavy atom. The number of carbonyl (C=O) groups is 1. The first-order valence-corrected chi connectivity index (χ1v) is 10.1. The molecule has 0 atom stereocenters. The van der Waals surface area contributed by atoms with Crippen LogP contribution in [0, 0.1) is 6.92 Å². The van der Waals surface area contributed by atoms with Gasteiger partial charge in [0.25, 0.3) is 5.91 Å². The topological polar surface area (TPSA) is 92.8 Å². The van der Waals surface area contributed by atoms with Crippen molar-refractivity contribution < 1.29 is 9.53 Å². The minimum Gasteiger partial charge on any atom is -0.456 e. The second kappa shape index (κ2) is 8.31. The highest BCUT2D eigenvalue weighted by molar-refractivity contribution is 6.11. The molecule has 1 amide bonds. The maximum absolute atomic E-state index is 12.9. The second-order valence-electron chi connectivity index (χ2n) is 7.36. The van der Waals surface area contributed by atoms with Crippen LogP contribution < -0.4 is 10.1 Å². The van der Waals surface area contributed by atoms with Gasteiger partial charge in [0, 0.05) is 23.3 Å². The van der Waals surface area contributed by atoms with Gasteiger partial charge in [-0.2, -0.15) is 5.10 Å². The third-order valence-corrected chi connectivity index (χ3v) is 4.94. The van der Waals surface area contributed by atoms with E-state index >= 15 is 0 Å². The van der Waals surface area contributed by atoms with Crippen molar-refractivity contribution >= 4 is 22.5 Å². The van der Waals surface area contributed by atoms with Crippen LogP contribution in [0.25, 0.3) is 22.0 Å². The van der Waals surface area contributed by atoms with E-state index in [-0.39, 0.29) is 5.91 Å². The molecule has 32 heavy (non-hydrogen) atoms. The number of hydrogen-bond acceptors (Lipinski definition) is 5. The first-order chi connectivity index (χ1) is 15.7. The molecule has 5 aromatic rings. The molecule has 156 valence electrons. The molecule has 7 heteroatoms. The average molecular weight is 421 g/mol. The Labute approximate surface area is 184 Å². The van der Waals surface area contributed by atoms with Crippen molar-refractivity contribution in [3.05, 3.63) is 96.7 Å². The molecule has 0 unspecified atom stereocenters. The maximum atomic E-state index is 12.9. The zero-order valence-electron chi connectivity index (χ0n) is 17.2. The smallest absolute Gasteiger partial charge is 0.276 e. The summed E-state index contributed by atoms with van der Waals surface area (Å²) in [4.78, 5) is 21.3. The van der Waals surface area contributed by atoms with E-state index in [1.54, 1.807) is 24.8 Å². The van der Waals surface area contributed by atoms with Gasteiger partial charge in [-0.1, -0.05) is 24.3 Å². The van der Waals surface area contributed by atoms with Gasteiger partial charge in [-0.3, -0.25) is 19.9 Å². The Bertz CT molecular complexity index is 1410. The molecule has 0 fully saturated rings. The molecule has 0 saturated heterocycles. The quantitative estimate of drug-likeness (QED) is 0.398. The summed E-state index contributed by atoms with van der Waals surface area (Å²) >= 11 is 0. The number of aromatic amines is 1. The van der Waals surface area contributed by atoms with E-state index in [4.69, 9.17) is 4.74 Å². The average Bonchev–Trinajstić information content (AvgIpc) is 3.23. The number of nitrogens with zero attached hydrogens (tertiary/aromatic N) is 3. The van der Waals surface area contributed by atoms with Crippen molar-refractivity contribution in [2.24, 2.45) is 0 Å². The molecule has 0 aliphatic heterocycles. The highest BCUT2D eigenvalue weighted by Crippen LogP contribution is 2.29. The van der Waals surface area contributed by atoms with Crippen molar-refractivity contribution in [1.29, 1.82) is 0 Å². The molecule has 0 aliphatic rings. The van der Waals surface area contributed by atoms with Gasteiger partial charge in [-0.15, -0.1) is 0 Å². The van der Waals surface area contributed by atoms with Gasteiger partial charge in [0.1, 0.15) is 11.5 Å². The maximum Gasteiger partial charge on any atom is 0.276 e. The Morgan fingerprint density at radius 3 is 2.56 bits per heavy atom. The predicted octanol–water partition coefficient (Wildman–Crippen LogP) is 5.37. The summed E-state index contributed by atoms with van der Waals surface area (Å²) in [6.45, 7) is 1.92. The molecule has 2 aromatic carbocycles. The minimum absolute atomic E-state index is 0.305. The lowest BCUT2D eigenvalue weighted by Crippen LogP contribution is -2.13. The van der Waals surface area contributed by atoms with Gasteiger partial charge in [0.2, 0.25) is 0 Å². The number of aromatic nitrogens is 4. The number of rotatable bonds is 5. The molecule has 0 saturated carbocycles. The van der Waals surface area contributed by atoms with Crippen LogP contribution in [0.1, 0.15) is 16.1 Å². The lowest BCUT2D eigenvalue weighted by atomic mass is 10.0. The number of ether oxygens (including phenoxy) is 1. The fourth-order valence-corrected chi connectivity index (χ4v) is 3.44. The molecular weight excluding hydrogens is 402 g/mol. The van der Waals surface area contributed by atoms with Crippen molar-refractivity contribution in [1.82, 2.24) is 20.2 Å². The summed E-state index contributed by atoms with van der Waals surface area (Å²) in [5, 5.41) is 10.7. The number of para-hydroxylation sites is 1. The van der Waals surface area contributed by atoms with Crippen molar-refractivity contribution in [2.45, 2.75) is 6.92 Å². The van der Waals surface area contributed by atoms with Crippen molar-refractivity contribution in [3.63, 3.8) is 0 Å². The van der Waals surface area contributed by atoms with E-state index < -0.39 is 0 Å². The fraction of sp³-hybridized carbons (Fsp3) is 0.0400. The van der Waals surface area contributed by atoms with Crippen LogP contribution >= 0.6 is 0 Å². The Hall–Kier alpha value is -4.52. The highest BCUT2D eigenvalue weighted by Gasteiger charge is 2.16. The predicted molar refractivity (Wildman–Crippen MR) is 123 cm³/mol. The molecule has 0 spiro atoms. The monoisotopic (exact) mass is 421 g/mol. The minimum atomic E-state index is -0.305. The molecule has 3 aromatic heterocycles. The van der Waals surface area contributed by atoms with E-state index in [1.807, 2.05) is 67.6 Å². The molecule has 0 radical (unpaired) electrons. The van der Waals surface area contributed by atoms with E-state index in [2.05, 4.69) is 25.5 Å². The zero-order chi connectivity index (χ0) is 21.9. The summed E-state index contributed by atoms with van der Waals surface area (Å²) in [7, 11) is 0. The van der Waals surface area contributed by atoms with E-state index in [0.717, 1.165) is 33.3 Å². The van der Waals surface area contributed by atoms with Crippen molar-refractivity contribution in [2.75, 3.05) is 5.32 Å². The molecule has 3 heterocycles. The van der Waals surface area contributed by atoms with Gasteiger partial charge < -0.3 is 10.1 Å². The number of H-pyrrole nitrogens is 1. The van der Waals surface area contributed by atoms with Gasteiger partial charge in [0.05, 0.1) is 23.6 Å². The molecule has 2 N–H and O–H groups in total. The summed E-state index contributed by atoms with van der Waals surface area (Å²) < 4.78 is 5.90. The van der Waals surface area contributed by atoms with E-state index in [0.29, 0.717) is 17.1 Å². The highest BCUT2D eigenvalue weighted by atomic mass is 16.5. The number of aryl methyl sites for hydroxylation is 1. The Kier molecular flexibility index (Phi) is 5.05. The largest absolute Gasteiger partial charge is 0.456 e. The van der Waals surface area contributed by atoms with Gasteiger partial charge in [-0.25, -0.2) is 0 Å². The zero-order valence-corrected chi connectivity index (χ0v) is 17.2. The number of nitrogens with one attached hydrogen (secondary N) is 2. The first-order valence-electron chi connectivity index (χ1n) is 10.1. The third kappa shape index (κ3) is 4.04. The molecule has 5 rings (SSSR count). The van der Waals surface area contributed by atoms with Gasteiger partial charge in [0.15, 0.2) is 5.69 Å². The molecule has 0 bridgehead atoms. The molecule has 0 aliphatic carbocycles. The number of fused-ring (bicyclic) bond motifs is 1. The van der Waals surface area contributed by atoms with Crippen LogP contribution in [0.5, 0.6) is 11.5 Å². The summed E-state index contributed by atoms with van der Waals surface area (Å²) in [6.07, 6.45) is 6.77. The van der Waals surface area contributed by atoms with E-state index in [1.165, 1.54) is 0 Å². The number of carbonyl (C=O) groups excluding carboxylic acids is 1. The Morgan fingerprint density at radius 2 is 1.72 bits per heavy atom. The van der Waals surface area contributed by atoms with Crippen LogP contribution in [-0.2, 0) is 0 Å². The number of benzene rings is 2. The van der Waals surface area contributed by atoms with Crippen LogP contribution in [-0.4, -0.2) is 26.1 Å². The number of amides is 1. The SMILES string of the molecule is Cc1cncc(NC(=O)c2n[nH]c3ccc(-c4cncc(Oc5ccccc5)c4)cc23)c1. The Balaban J connectivity index is 1.45. The normalized spacial score (nSPS) is 10.8. The molecular formula is C25H19N5O2. The van der Waals surface area contributed by atoms with E-state index in [9.17, 15) is 4.79 Å². The number of hydrogen-bond donors (Lipinski definition) is 2. The van der Waals surface area contributed by atoms with Crippen LogP contribution in [0.3, 0.4) is 0 Å². The molecule has 7 nitrogen and oxygen atoms in total. The van der Waals surface area contributed by atoms with Gasteiger partial charge in [-0.05, 0) is 54.4 Å². The lowest BCUT2D eigenvalue weighted by molar-refractivity contribution is 0.102. The van der Waals surface area contributed by atoms with Crippen molar-refractivity contribution in [3.8, 4) is 22.6 Å². The second-order valence-corrected chi connectivity index (χ2v) is 7.36. The third-order valence-electron chi connectivity index (χ3n) is 4.94. The number of pyridine rings is 2. The summed E-state index contributed by atoms with van der Waals surface area (Å²) in [5.74, 6) is 1.06. The van der Waals surface area contributed by atoms with Gasteiger partial charge >= 0.3 is 0 Å². The summed E-state index contributed by atoms with van der Waals surface area (Å²) in [6, 6.07) is 19.1. The van der Waals surface area contributed by atoms with Crippen LogP contribution in [0.15, 0.2) is 85.5 Å². The first kappa shape index (κ1) is 19.4. The summed E-state index contributed by atoms with van der Waals surface area (Å²) in [5.41, 5.74) is 4.44. The standard InChI is InChI=1S/C25H19N5O2/c1-16-9-19(14-26-12-16)28-25(31)24-22-11-17(7-8-23(22)29-30-24)18-10-21(15-27-13-18)32-20-5-3-2-4-6-20/h2-15H,1H3,(H,28,31)(H,29,30). The number of anilines is 1. The fourth-order valence-electron chi connectivity index (χ4n) is 3.44. The van der Waals surface area contributed by atoms with Crippen LogP contribution in [0.2, 0.25) is 0 Å². The van der Waals surface area contributed by atoms with Crippen LogP contribution in [0.4, 0.5) is 5.69 Å².